The molecular weight excluding hydrogens is 309 g/mol. The number of benzene rings is 1. The van der Waals surface area contributed by atoms with E-state index in [1.807, 2.05) is 0 Å². The van der Waals surface area contributed by atoms with Gasteiger partial charge in [0.2, 0.25) is 5.91 Å². The third-order valence-electron chi connectivity index (χ3n) is 3.27. The van der Waals surface area contributed by atoms with Gasteiger partial charge in [-0.25, -0.2) is 9.37 Å². The highest BCUT2D eigenvalue weighted by atomic mass is 35.5. The fraction of sp³-hybridized carbons (Fsp3) is 0.333. The molecule has 22 heavy (non-hydrogen) atoms. The molecule has 1 heterocycles. The SMILES string of the molecule is CC(Cl)C(=O)NC(CF)C(O)c1ccc(-n2ccnc2)cc1. The van der Waals surface area contributed by atoms with Crippen LogP contribution in [-0.2, 0) is 4.79 Å². The summed E-state index contributed by atoms with van der Waals surface area (Å²) in [5, 5.41) is 11.8. The van der Waals surface area contributed by atoms with Crippen molar-refractivity contribution in [3.05, 3.63) is 48.5 Å². The Balaban J connectivity index is 2.10. The maximum Gasteiger partial charge on any atom is 0.238 e. The summed E-state index contributed by atoms with van der Waals surface area (Å²) in [7, 11) is 0. The Hall–Kier alpha value is -1.92. The van der Waals surface area contributed by atoms with Crippen molar-refractivity contribution in [2.24, 2.45) is 0 Å². The maximum absolute atomic E-state index is 13.1. The fourth-order valence-electron chi connectivity index (χ4n) is 1.99. The van der Waals surface area contributed by atoms with Crippen LogP contribution in [0.3, 0.4) is 0 Å². The number of nitrogens with zero attached hydrogens (tertiary/aromatic N) is 2. The zero-order valence-corrected chi connectivity index (χ0v) is 12.7. The highest BCUT2D eigenvalue weighted by Gasteiger charge is 2.24. The zero-order valence-electron chi connectivity index (χ0n) is 12.0. The molecule has 118 valence electrons. The van der Waals surface area contributed by atoms with Gasteiger partial charge in [0.25, 0.3) is 0 Å². The Bertz CT molecular complexity index is 602. The van der Waals surface area contributed by atoms with E-state index in [-0.39, 0.29) is 0 Å². The average Bonchev–Trinajstić information content (AvgIpc) is 3.06. The standard InChI is InChI=1S/C15H17ClFN3O2/c1-10(16)15(22)19-13(8-17)14(21)11-2-4-12(5-3-11)20-7-6-18-9-20/h2-7,9-10,13-14,21H,8H2,1H3,(H,19,22). The Morgan fingerprint density at radius 2 is 2.14 bits per heavy atom. The number of hydrogen-bond donors (Lipinski definition) is 2. The van der Waals surface area contributed by atoms with Gasteiger partial charge in [0, 0.05) is 18.1 Å². The van der Waals surface area contributed by atoms with Crippen molar-refractivity contribution in [3.8, 4) is 5.69 Å². The first-order valence-electron chi connectivity index (χ1n) is 6.79. The summed E-state index contributed by atoms with van der Waals surface area (Å²) in [4.78, 5) is 15.5. The van der Waals surface area contributed by atoms with Crippen molar-refractivity contribution in [1.82, 2.24) is 14.9 Å². The summed E-state index contributed by atoms with van der Waals surface area (Å²) in [5.41, 5.74) is 1.37. The third kappa shape index (κ3) is 3.84. The van der Waals surface area contributed by atoms with Crippen LogP contribution in [0.15, 0.2) is 43.0 Å². The molecular formula is C15H17ClFN3O2. The van der Waals surface area contributed by atoms with Crippen molar-refractivity contribution < 1.29 is 14.3 Å². The van der Waals surface area contributed by atoms with Gasteiger partial charge in [-0.15, -0.1) is 11.6 Å². The van der Waals surface area contributed by atoms with Gasteiger partial charge in [-0.05, 0) is 24.6 Å². The van der Waals surface area contributed by atoms with E-state index < -0.39 is 30.1 Å². The number of carbonyl (C=O) groups is 1. The van der Waals surface area contributed by atoms with Gasteiger partial charge in [-0.1, -0.05) is 12.1 Å². The van der Waals surface area contributed by atoms with Gasteiger partial charge in [0.15, 0.2) is 0 Å². The van der Waals surface area contributed by atoms with Gasteiger partial charge >= 0.3 is 0 Å². The molecule has 2 N–H and O–H groups in total. The minimum atomic E-state index is -1.15. The second-order valence-corrected chi connectivity index (χ2v) is 5.55. The summed E-state index contributed by atoms with van der Waals surface area (Å²) < 4.78 is 14.9. The molecule has 7 heteroatoms. The Morgan fingerprint density at radius 1 is 1.45 bits per heavy atom. The van der Waals surface area contributed by atoms with E-state index in [9.17, 15) is 14.3 Å². The lowest BCUT2D eigenvalue weighted by molar-refractivity contribution is -0.122. The molecule has 1 aromatic heterocycles. The quantitative estimate of drug-likeness (QED) is 0.798. The molecule has 1 aromatic carbocycles. The summed E-state index contributed by atoms with van der Waals surface area (Å²) >= 11 is 5.63. The van der Waals surface area contributed by atoms with E-state index in [0.29, 0.717) is 5.56 Å². The van der Waals surface area contributed by atoms with E-state index in [4.69, 9.17) is 11.6 Å². The van der Waals surface area contributed by atoms with Crippen LogP contribution in [0.2, 0.25) is 0 Å². The van der Waals surface area contributed by atoms with Crippen molar-refractivity contribution in [2.45, 2.75) is 24.4 Å². The normalized spacial score (nSPS) is 15.1. The number of amides is 1. The molecule has 0 bridgehead atoms. The minimum absolute atomic E-state index is 0.508. The molecule has 0 aliphatic carbocycles. The summed E-state index contributed by atoms with van der Waals surface area (Å²) in [6, 6.07) is 5.88. The van der Waals surface area contributed by atoms with E-state index >= 15 is 0 Å². The molecule has 0 aliphatic rings. The first kappa shape index (κ1) is 16.5. The van der Waals surface area contributed by atoms with Gasteiger partial charge < -0.3 is 15.0 Å². The molecule has 5 nitrogen and oxygen atoms in total. The number of nitrogens with one attached hydrogen (secondary N) is 1. The lowest BCUT2D eigenvalue weighted by atomic mass is 10.0. The maximum atomic E-state index is 13.1. The number of halogens is 2. The minimum Gasteiger partial charge on any atom is -0.386 e. The Labute approximate surface area is 132 Å². The molecule has 0 spiro atoms. The Kier molecular flexibility index (Phi) is 5.51. The number of rotatable bonds is 6. The van der Waals surface area contributed by atoms with E-state index in [1.165, 1.54) is 6.92 Å². The summed E-state index contributed by atoms with van der Waals surface area (Å²) in [6.45, 7) is 0.595. The number of carbonyl (C=O) groups excluding carboxylic acids is 1. The number of aliphatic hydroxyl groups excluding tert-OH is 1. The molecule has 2 rings (SSSR count). The van der Waals surface area contributed by atoms with Crippen LogP contribution in [0.1, 0.15) is 18.6 Å². The van der Waals surface area contributed by atoms with Crippen LogP contribution in [-0.4, -0.2) is 38.7 Å². The van der Waals surface area contributed by atoms with Gasteiger partial charge in [-0.2, -0.15) is 0 Å². The molecule has 3 unspecified atom stereocenters. The van der Waals surface area contributed by atoms with Crippen LogP contribution in [0.4, 0.5) is 4.39 Å². The van der Waals surface area contributed by atoms with Crippen LogP contribution >= 0.6 is 11.6 Å². The highest BCUT2D eigenvalue weighted by molar-refractivity contribution is 6.30. The zero-order chi connectivity index (χ0) is 16.1. The lowest BCUT2D eigenvalue weighted by Crippen LogP contribution is -2.43. The number of imidazole rings is 1. The van der Waals surface area contributed by atoms with Crippen LogP contribution in [0.25, 0.3) is 5.69 Å². The fourth-order valence-corrected chi connectivity index (χ4v) is 2.05. The summed E-state index contributed by atoms with van der Waals surface area (Å²) in [6.07, 6.45) is 3.95. The molecule has 0 saturated carbocycles. The predicted octanol–water partition coefficient (Wildman–Crippen LogP) is 1.99. The van der Waals surface area contributed by atoms with Crippen molar-refractivity contribution in [3.63, 3.8) is 0 Å². The second-order valence-electron chi connectivity index (χ2n) is 4.89. The van der Waals surface area contributed by atoms with Crippen molar-refractivity contribution >= 4 is 17.5 Å². The molecule has 3 atom stereocenters. The lowest BCUT2D eigenvalue weighted by Gasteiger charge is -2.22. The Morgan fingerprint density at radius 3 is 2.64 bits per heavy atom. The highest BCUT2D eigenvalue weighted by Crippen LogP contribution is 2.19. The number of hydrogen-bond acceptors (Lipinski definition) is 3. The first-order chi connectivity index (χ1) is 10.5. The molecule has 0 radical (unpaired) electrons. The molecule has 0 aliphatic heterocycles. The third-order valence-corrected chi connectivity index (χ3v) is 3.47. The number of aliphatic hydroxyl groups is 1. The molecule has 0 saturated heterocycles. The average molecular weight is 326 g/mol. The predicted molar refractivity (Wildman–Crippen MR) is 81.7 cm³/mol. The number of alkyl halides is 2. The second kappa shape index (κ2) is 7.38. The molecule has 0 fully saturated rings. The van der Waals surface area contributed by atoms with Crippen LogP contribution in [0.5, 0.6) is 0 Å². The van der Waals surface area contributed by atoms with E-state index in [0.717, 1.165) is 5.69 Å². The van der Waals surface area contributed by atoms with Crippen LogP contribution in [0, 0.1) is 0 Å². The summed E-state index contributed by atoms with van der Waals surface area (Å²) in [5.74, 6) is -0.515. The largest absolute Gasteiger partial charge is 0.386 e. The van der Waals surface area contributed by atoms with Crippen molar-refractivity contribution in [1.29, 1.82) is 0 Å². The first-order valence-corrected chi connectivity index (χ1v) is 7.23. The molecule has 1 amide bonds. The van der Waals surface area contributed by atoms with Crippen LogP contribution < -0.4 is 5.32 Å². The monoisotopic (exact) mass is 325 g/mol. The van der Waals surface area contributed by atoms with Gasteiger partial charge in [0.1, 0.15) is 18.2 Å². The van der Waals surface area contributed by atoms with Gasteiger partial charge in [-0.3, -0.25) is 4.79 Å². The van der Waals surface area contributed by atoms with E-state index in [2.05, 4.69) is 10.3 Å². The number of aromatic nitrogens is 2. The smallest absolute Gasteiger partial charge is 0.238 e. The van der Waals surface area contributed by atoms with Gasteiger partial charge in [0.05, 0.1) is 12.4 Å². The van der Waals surface area contributed by atoms with E-state index in [1.54, 1.807) is 47.6 Å². The molecule has 2 aromatic rings. The van der Waals surface area contributed by atoms with Crippen molar-refractivity contribution in [2.75, 3.05) is 6.67 Å². The topological polar surface area (TPSA) is 67.2 Å².